The van der Waals surface area contributed by atoms with Crippen molar-refractivity contribution in [1.29, 1.82) is 0 Å². The molecule has 6 nitrogen and oxygen atoms in total. The molecule has 0 unspecified atom stereocenters. The second-order valence-corrected chi connectivity index (χ2v) is 6.92. The van der Waals surface area contributed by atoms with Crippen molar-refractivity contribution < 1.29 is 19.1 Å². The van der Waals surface area contributed by atoms with Gasteiger partial charge in [-0.1, -0.05) is 31.5 Å². The van der Waals surface area contributed by atoms with E-state index in [1.165, 1.54) is 0 Å². The Morgan fingerprint density at radius 1 is 1.04 bits per heavy atom. The van der Waals surface area contributed by atoms with Gasteiger partial charge in [-0.05, 0) is 30.3 Å². The summed E-state index contributed by atoms with van der Waals surface area (Å²) in [4.78, 5) is 24.5. The van der Waals surface area contributed by atoms with Gasteiger partial charge in [0.25, 0.3) is 5.91 Å². The topological polar surface area (TPSA) is 76.7 Å². The van der Waals surface area contributed by atoms with Gasteiger partial charge in [0, 0.05) is 29.3 Å². The summed E-state index contributed by atoms with van der Waals surface area (Å²) in [5.41, 5.74) is 1.54. The van der Waals surface area contributed by atoms with Crippen LogP contribution in [0.25, 0.3) is 0 Å². The van der Waals surface area contributed by atoms with E-state index in [0.29, 0.717) is 46.7 Å². The van der Waals surface area contributed by atoms with E-state index in [1.807, 2.05) is 13.8 Å². The molecule has 0 aromatic heterocycles. The maximum atomic E-state index is 12.6. The lowest BCUT2D eigenvalue weighted by molar-refractivity contribution is -0.118. The number of benzene rings is 2. The SMILES string of the molecule is CC(C)C(=O)Nc1cccc(NC(=O)c2cc(Cl)c3c(c2)OCCCO3)c1. The normalized spacial score (nSPS) is 13.0. The Labute approximate surface area is 162 Å². The van der Waals surface area contributed by atoms with Gasteiger partial charge in [0.15, 0.2) is 11.5 Å². The van der Waals surface area contributed by atoms with Crippen LogP contribution in [0.2, 0.25) is 5.02 Å². The van der Waals surface area contributed by atoms with Crippen LogP contribution in [0.5, 0.6) is 11.5 Å². The maximum absolute atomic E-state index is 12.6. The number of rotatable bonds is 4. The molecule has 0 radical (unpaired) electrons. The molecule has 1 aliphatic rings. The second-order valence-electron chi connectivity index (χ2n) is 6.51. The van der Waals surface area contributed by atoms with Gasteiger partial charge in [-0.15, -0.1) is 0 Å². The fourth-order valence-electron chi connectivity index (χ4n) is 2.53. The smallest absolute Gasteiger partial charge is 0.255 e. The quantitative estimate of drug-likeness (QED) is 0.816. The average molecular weight is 389 g/mol. The zero-order chi connectivity index (χ0) is 19.4. The predicted octanol–water partition coefficient (Wildman–Crippen LogP) is 4.35. The van der Waals surface area contributed by atoms with Crippen LogP contribution in [0.1, 0.15) is 30.6 Å². The predicted molar refractivity (Wildman–Crippen MR) is 105 cm³/mol. The standard InChI is InChI=1S/C20H21ClN2O4/c1-12(2)19(24)22-14-5-3-6-15(11-14)23-20(25)13-9-16(21)18-17(10-13)26-7-4-8-27-18/h3,5-6,9-12H,4,7-8H2,1-2H3,(H,22,24)(H,23,25). The van der Waals surface area contributed by atoms with Gasteiger partial charge in [0.1, 0.15) is 0 Å². The first-order chi connectivity index (χ1) is 12.9. The monoisotopic (exact) mass is 388 g/mol. The Bertz CT molecular complexity index is 867. The zero-order valence-electron chi connectivity index (χ0n) is 15.2. The van der Waals surface area contributed by atoms with Gasteiger partial charge in [-0.3, -0.25) is 9.59 Å². The number of carbonyl (C=O) groups is 2. The summed E-state index contributed by atoms with van der Waals surface area (Å²) in [6, 6.07) is 10.1. The van der Waals surface area contributed by atoms with Crippen molar-refractivity contribution in [2.75, 3.05) is 23.8 Å². The van der Waals surface area contributed by atoms with Crippen LogP contribution in [0.15, 0.2) is 36.4 Å². The van der Waals surface area contributed by atoms with E-state index >= 15 is 0 Å². The minimum atomic E-state index is -0.333. The molecular formula is C20H21ClN2O4. The van der Waals surface area contributed by atoms with E-state index in [9.17, 15) is 9.59 Å². The van der Waals surface area contributed by atoms with Gasteiger partial charge in [0.05, 0.1) is 18.2 Å². The van der Waals surface area contributed by atoms with Crippen LogP contribution in [-0.4, -0.2) is 25.0 Å². The summed E-state index contributed by atoms with van der Waals surface area (Å²) in [5, 5.41) is 5.94. The molecule has 27 heavy (non-hydrogen) atoms. The Morgan fingerprint density at radius 2 is 1.74 bits per heavy atom. The molecular weight excluding hydrogens is 368 g/mol. The number of hydrogen-bond acceptors (Lipinski definition) is 4. The number of halogens is 1. The Kier molecular flexibility index (Phi) is 5.86. The number of anilines is 2. The minimum absolute atomic E-state index is 0.0897. The van der Waals surface area contributed by atoms with E-state index in [0.717, 1.165) is 6.42 Å². The molecule has 0 fully saturated rings. The molecule has 2 aromatic rings. The van der Waals surface area contributed by atoms with Crippen molar-refractivity contribution >= 4 is 34.8 Å². The lowest BCUT2D eigenvalue weighted by Crippen LogP contribution is -2.18. The van der Waals surface area contributed by atoms with Crippen LogP contribution in [0.4, 0.5) is 11.4 Å². The average Bonchev–Trinajstić information content (AvgIpc) is 2.87. The Hall–Kier alpha value is -2.73. The van der Waals surface area contributed by atoms with Crippen LogP contribution < -0.4 is 20.1 Å². The Balaban J connectivity index is 1.77. The molecule has 2 amide bonds. The summed E-state index contributed by atoms with van der Waals surface area (Å²) >= 11 is 6.25. The number of hydrogen-bond donors (Lipinski definition) is 2. The highest BCUT2D eigenvalue weighted by atomic mass is 35.5. The highest BCUT2D eigenvalue weighted by Crippen LogP contribution is 2.38. The minimum Gasteiger partial charge on any atom is -0.489 e. The highest BCUT2D eigenvalue weighted by molar-refractivity contribution is 6.32. The van der Waals surface area contributed by atoms with E-state index in [2.05, 4.69) is 10.6 Å². The van der Waals surface area contributed by atoms with Gasteiger partial charge in [-0.2, -0.15) is 0 Å². The van der Waals surface area contributed by atoms with Crippen molar-refractivity contribution in [2.45, 2.75) is 20.3 Å². The lowest BCUT2D eigenvalue weighted by atomic mass is 10.1. The molecule has 0 aliphatic carbocycles. The van der Waals surface area contributed by atoms with E-state index in [1.54, 1.807) is 36.4 Å². The number of fused-ring (bicyclic) bond motifs is 1. The molecule has 0 spiro atoms. The number of carbonyl (C=O) groups excluding carboxylic acids is 2. The highest BCUT2D eigenvalue weighted by Gasteiger charge is 2.18. The molecule has 142 valence electrons. The Morgan fingerprint density at radius 3 is 2.48 bits per heavy atom. The molecule has 2 aromatic carbocycles. The van der Waals surface area contributed by atoms with E-state index < -0.39 is 0 Å². The van der Waals surface area contributed by atoms with Crippen molar-refractivity contribution in [3.8, 4) is 11.5 Å². The van der Waals surface area contributed by atoms with Gasteiger partial charge >= 0.3 is 0 Å². The maximum Gasteiger partial charge on any atom is 0.255 e. The summed E-state index contributed by atoms with van der Waals surface area (Å²) in [6.45, 7) is 4.66. The first-order valence-electron chi connectivity index (χ1n) is 8.75. The third-order valence-electron chi connectivity index (χ3n) is 3.98. The van der Waals surface area contributed by atoms with Gasteiger partial charge in [0.2, 0.25) is 5.91 Å². The number of nitrogens with one attached hydrogen (secondary N) is 2. The number of ether oxygens (including phenoxy) is 2. The fourth-order valence-corrected chi connectivity index (χ4v) is 2.79. The summed E-state index contributed by atoms with van der Waals surface area (Å²) in [5.74, 6) is 0.368. The van der Waals surface area contributed by atoms with Crippen molar-refractivity contribution in [3.05, 3.63) is 47.0 Å². The summed E-state index contributed by atoms with van der Waals surface area (Å²) in [6.07, 6.45) is 0.751. The van der Waals surface area contributed by atoms with Gasteiger partial charge < -0.3 is 20.1 Å². The van der Waals surface area contributed by atoms with Gasteiger partial charge in [-0.25, -0.2) is 0 Å². The van der Waals surface area contributed by atoms with Crippen molar-refractivity contribution in [2.24, 2.45) is 5.92 Å². The largest absolute Gasteiger partial charge is 0.489 e. The molecule has 0 saturated heterocycles. The lowest BCUT2D eigenvalue weighted by Gasteiger charge is -2.13. The first-order valence-corrected chi connectivity index (χ1v) is 9.13. The first kappa shape index (κ1) is 19.0. The molecule has 1 heterocycles. The second kappa shape index (κ2) is 8.31. The molecule has 7 heteroatoms. The molecule has 0 saturated carbocycles. The molecule has 1 aliphatic heterocycles. The van der Waals surface area contributed by atoms with Crippen LogP contribution in [-0.2, 0) is 4.79 Å². The van der Waals surface area contributed by atoms with Crippen molar-refractivity contribution in [3.63, 3.8) is 0 Å². The molecule has 3 rings (SSSR count). The number of amides is 2. The van der Waals surface area contributed by atoms with Crippen LogP contribution in [0.3, 0.4) is 0 Å². The third kappa shape index (κ3) is 4.71. The summed E-state index contributed by atoms with van der Waals surface area (Å²) < 4.78 is 11.2. The molecule has 0 atom stereocenters. The van der Waals surface area contributed by atoms with Crippen LogP contribution in [0, 0.1) is 5.92 Å². The molecule has 2 N–H and O–H groups in total. The summed E-state index contributed by atoms with van der Waals surface area (Å²) in [7, 11) is 0. The van der Waals surface area contributed by atoms with Crippen molar-refractivity contribution in [1.82, 2.24) is 0 Å². The van der Waals surface area contributed by atoms with E-state index in [4.69, 9.17) is 21.1 Å². The van der Waals surface area contributed by atoms with Crippen LogP contribution >= 0.6 is 11.6 Å². The fraction of sp³-hybridized carbons (Fsp3) is 0.300. The molecule has 0 bridgehead atoms. The van der Waals surface area contributed by atoms with E-state index in [-0.39, 0.29) is 17.7 Å². The zero-order valence-corrected chi connectivity index (χ0v) is 15.9. The third-order valence-corrected chi connectivity index (χ3v) is 4.26.